The van der Waals surface area contributed by atoms with Crippen LogP contribution in [0.25, 0.3) is 6.08 Å². The van der Waals surface area contributed by atoms with E-state index in [-0.39, 0.29) is 11.9 Å². The van der Waals surface area contributed by atoms with Crippen LogP contribution in [0.5, 0.6) is 23.0 Å². The lowest BCUT2D eigenvalue weighted by Crippen LogP contribution is -2.24. The van der Waals surface area contributed by atoms with E-state index in [0.717, 1.165) is 11.3 Å². The van der Waals surface area contributed by atoms with Crippen LogP contribution in [0.1, 0.15) is 24.1 Å². The molecule has 1 atom stereocenters. The first-order valence-corrected chi connectivity index (χ1v) is 8.45. The predicted octanol–water partition coefficient (Wildman–Crippen LogP) is 3.61. The third-order valence-electron chi connectivity index (χ3n) is 4.12. The molecule has 0 aliphatic carbocycles. The molecule has 0 heterocycles. The van der Waals surface area contributed by atoms with E-state index in [1.165, 1.54) is 13.2 Å². The standard InChI is InChI=1S/C21H25NO5/c1-14(15-6-10-17(24-2)11-7-15)22-19(23)13-9-16-8-12-18(25-3)21(27-5)20(16)26-4/h6-14H,1-5H3,(H,22,23)/b13-9+/t14-/m0/s1. The third kappa shape index (κ3) is 4.94. The fourth-order valence-corrected chi connectivity index (χ4v) is 2.66. The quantitative estimate of drug-likeness (QED) is 0.718. The molecule has 2 rings (SSSR count). The minimum atomic E-state index is -0.213. The topological polar surface area (TPSA) is 66.0 Å². The van der Waals surface area contributed by atoms with E-state index in [2.05, 4.69) is 5.32 Å². The molecule has 6 nitrogen and oxygen atoms in total. The highest BCUT2D eigenvalue weighted by Crippen LogP contribution is 2.40. The number of rotatable bonds is 8. The highest BCUT2D eigenvalue weighted by molar-refractivity contribution is 5.92. The molecule has 0 saturated carbocycles. The van der Waals surface area contributed by atoms with Crippen LogP contribution in [0.15, 0.2) is 42.5 Å². The average Bonchev–Trinajstić information content (AvgIpc) is 2.71. The minimum absolute atomic E-state index is 0.139. The summed E-state index contributed by atoms with van der Waals surface area (Å²) in [5.41, 5.74) is 1.70. The van der Waals surface area contributed by atoms with Gasteiger partial charge in [-0.05, 0) is 42.8 Å². The van der Waals surface area contributed by atoms with Gasteiger partial charge in [-0.25, -0.2) is 0 Å². The van der Waals surface area contributed by atoms with Crippen molar-refractivity contribution >= 4 is 12.0 Å². The lowest BCUT2D eigenvalue weighted by atomic mass is 10.1. The first-order valence-electron chi connectivity index (χ1n) is 8.45. The number of carbonyl (C=O) groups excluding carboxylic acids is 1. The van der Waals surface area contributed by atoms with E-state index in [9.17, 15) is 4.79 Å². The summed E-state index contributed by atoms with van der Waals surface area (Å²) in [5.74, 6) is 2.11. The summed E-state index contributed by atoms with van der Waals surface area (Å²) in [4.78, 5) is 12.3. The van der Waals surface area contributed by atoms with Crippen LogP contribution in [-0.4, -0.2) is 34.3 Å². The van der Waals surface area contributed by atoms with Crippen molar-refractivity contribution < 1.29 is 23.7 Å². The maximum Gasteiger partial charge on any atom is 0.244 e. The van der Waals surface area contributed by atoms with E-state index in [4.69, 9.17) is 18.9 Å². The molecule has 1 N–H and O–H groups in total. The van der Waals surface area contributed by atoms with Gasteiger partial charge in [0, 0.05) is 11.6 Å². The molecule has 144 valence electrons. The monoisotopic (exact) mass is 371 g/mol. The Hall–Kier alpha value is -3.15. The van der Waals surface area contributed by atoms with Gasteiger partial charge in [0.1, 0.15) is 5.75 Å². The Balaban J connectivity index is 2.11. The molecular weight excluding hydrogens is 346 g/mol. The zero-order chi connectivity index (χ0) is 19.8. The van der Waals surface area contributed by atoms with Gasteiger partial charge in [0.05, 0.1) is 34.5 Å². The normalized spacial score (nSPS) is 11.7. The Morgan fingerprint density at radius 3 is 2.11 bits per heavy atom. The van der Waals surface area contributed by atoms with Crippen molar-refractivity contribution in [3.8, 4) is 23.0 Å². The van der Waals surface area contributed by atoms with Crippen molar-refractivity contribution in [1.82, 2.24) is 5.32 Å². The molecule has 27 heavy (non-hydrogen) atoms. The third-order valence-corrected chi connectivity index (χ3v) is 4.12. The first-order chi connectivity index (χ1) is 13.0. The molecule has 0 bridgehead atoms. The maximum absolute atomic E-state index is 12.3. The summed E-state index contributed by atoms with van der Waals surface area (Å²) >= 11 is 0. The van der Waals surface area contributed by atoms with Crippen molar-refractivity contribution in [1.29, 1.82) is 0 Å². The van der Waals surface area contributed by atoms with Gasteiger partial charge in [0.2, 0.25) is 11.7 Å². The SMILES string of the molecule is COc1ccc([C@H](C)NC(=O)/C=C/c2ccc(OC)c(OC)c2OC)cc1. The van der Waals surface area contributed by atoms with Gasteiger partial charge < -0.3 is 24.3 Å². The number of hydrogen-bond donors (Lipinski definition) is 1. The number of methoxy groups -OCH3 is 4. The van der Waals surface area contributed by atoms with Gasteiger partial charge in [-0.3, -0.25) is 4.79 Å². The second-order valence-electron chi connectivity index (χ2n) is 5.76. The molecule has 2 aromatic carbocycles. The Labute approximate surface area is 159 Å². The van der Waals surface area contributed by atoms with Gasteiger partial charge in [0.15, 0.2) is 11.5 Å². The molecular formula is C21H25NO5. The summed E-state index contributed by atoms with van der Waals surface area (Å²) in [6.07, 6.45) is 3.14. The van der Waals surface area contributed by atoms with Gasteiger partial charge >= 0.3 is 0 Å². The molecule has 0 spiro atoms. The molecule has 0 aliphatic heterocycles. The van der Waals surface area contributed by atoms with Gasteiger partial charge in [0.25, 0.3) is 0 Å². The molecule has 0 unspecified atom stereocenters. The number of hydrogen-bond acceptors (Lipinski definition) is 5. The van der Waals surface area contributed by atoms with Crippen molar-refractivity contribution in [3.05, 3.63) is 53.6 Å². The van der Waals surface area contributed by atoms with E-state index in [1.807, 2.05) is 31.2 Å². The van der Waals surface area contributed by atoms with E-state index in [1.54, 1.807) is 39.5 Å². The van der Waals surface area contributed by atoms with Crippen LogP contribution >= 0.6 is 0 Å². The van der Waals surface area contributed by atoms with Crippen molar-refractivity contribution in [2.45, 2.75) is 13.0 Å². The number of carbonyl (C=O) groups is 1. The maximum atomic E-state index is 12.3. The number of ether oxygens (including phenoxy) is 4. The molecule has 0 fully saturated rings. The summed E-state index contributed by atoms with van der Waals surface area (Å²) < 4.78 is 21.2. The van der Waals surface area contributed by atoms with Crippen LogP contribution in [0.4, 0.5) is 0 Å². The van der Waals surface area contributed by atoms with Gasteiger partial charge in [-0.1, -0.05) is 12.1 Å². The smallest absolute Gasteiger partial charge is 0.244 e. The first kappa shape index (κ1) is 20.2. The van der Waals surface area contributed by atoms with Crippen LogP contribution < -0.4 is 24.3 Å². The summed E-state index contributed by atoms with van der Waals surface area (Å²) in [7, 11) is 6.26. The minimum Gasteiger partial charge on any atom is -0.497 e. The molecule has 2 aromatic rings. The lowest BCUT2D eigenvalue weighted by Gasteiger charge is -2.15. The lowest BCUT2D eigenvalue weighted by molar-refractivity contribution is -0.117. The molecule has 0 radical (unpaired) electrons. The van der Waals surface area contributed by atoms with Crippen LogP contribution in [0.2, 0.25) is 0 Å². The highest BCUT2D eigenvalue weighted by Gasteiger charge is 2.14. The Morgan fingerprint density at radius 2 is 1.56 bits per heavy atom. The highest BCUT2D eigenvalue weighted by atomic mass is 16.5. The van der Waals surface area contributed by atoms with Crippen LogP contribution in [-0.2, 0) is 4.79 Å². The van der Waals surface area contributed by atoms with E-state index < -0.39 is 0 Å². The molecule has 0 aromatic heterocycles. The predicted molar refractivity (Wildman–Crippen MR) is 105 cm³/mol. The number of benzene rings is 2. The molecule has 0 saturated heterocycles. The van der Waals surface area contributed by atoms with Crippen LogP contribution in [0, 0.1) is 0 Å². The summed E-state index contributed by atoms with van der Waals surface area (Å²) in [6, 6.07) is 11.0. The van der Waals surface area contributed by atoms with Gasteiger partial charge in [-0.2, -0.15) is 0 Å². The fraction of sp³-hybridized carbons (Fsp3) is 0.286. The zero-order valence-electron chi connectivity index (χ0n) is 16.2. The fourth-order valence-electron chi connectivity index (χ4n) is 2.66. The van der Waals surface area contributed by atoms with Crippen molar-refractivity contribution in [3.63, 3.8) is 0 Å². The van der Waals surface area contributed by atoms with Crippen molar-refractivity contribution in [2.75, 3.05) is 28.4 Å². The molecule has 1 amide bonds. The van der Waals surface area contributed by atoms with Crippen LogP contribution in [0.3, 0.4) is 0 Å². The van der Waals surface area contributed by atoms with Gasteiger partial charge in [-0.15, -0.1) is 0 Å². The second-order valence-corrected chi connectivity index (χ2v) is 5.76. The Kier molecular flexibility index (Phi) is 7.11. The Bertz CT molecular complexity index is 799. The van der Waals surface area contributed by atoms with Crippen molar-refractivity contribution in [2.24, 2.45) is 0 Å². The Morgan fingerprint density at radius 1 is 0.889 bits per heavy atom. The second kappa shape index (κ2) is 9.52. The van der Waals surface area contributed by atoms with E-state index in [0.29, 0.717) is 22.8 Å². The largest absolute Gasteiger partial charge is 0.497 e. The zero-order valence-corrected chi connectivity index (χ0v) is 16.2. The average molecular weight is 371 g/mol. The molecule has 0 aliphatic rings. The molecule has 6 heteroatoms. The van der Waals surface area contributed by atoms with E-state index >= 15 is 0 Å². The summed E-state index contributed by atoms with van der Waals surface area (Å²) in [6.45, 7) is 1.92. The number of amides is 1. The number of nitrogens with one attached hydrogen (secondary N) is 1. The summed E-state index contributed by atoms with van der Waals surface area (Å²) in [5, 5.41) is 2.93.